The predicted octanol–water partition coefficient (Wildman–Crippen LogP) is 3.95. The van der Waals surface area contributed by atoms with Crippen molar-refractivity contribution >= 4 is 37.6 Å². The van der Waals surface area contributed by atoms with E-state index >= 15 is 0 Å². The zero-order valence-corrected chi connectivity index (χ0v) is 24.2. The Labute approximate surface area is 225 Å². The molecule has 0 N–H and O–H groups in total. The number of hydrogen-bond donors (Lipinski definition) is 0. The Morgan fingerprint density at radius 3 is 2.53 bits per heavy atom. The second kappa shape index (κ2) is 9.15. The summed E-state index contributed by atoms with van der Waals surface area (Å²) in [6, 6.07) is 4.87. The van der Waals surface area contributed by atoms with Crippen molar-refractivity contribution in [1.29, 1.82) is 0 Å². The van der Waals surface area contributed by atoms with E-state index in [0.717, 1.165) is 21.5 Å². The van der Waals surface area contributed by atoms with Crippen molar-refractivity contribution in [3.63, 3.8) is 0 Å². The summed E-state index contributed by atoms with van der Waals surface area (Å²) in [5.41, 5.74) is 1.36. The fraction of sp³-hybridized carbons (Fsp3) is 0.519. The minimum Gasteiger partial charge on any atom is -0.497 e. The molecule has 2 aromatic heterocycles. The summed E-state index contributed by atoms with van der Waals surface area (Å²) >= 11 is 0. The van der Waals surface area contributed by atoms with Crippen LogP contribution in [0.4, 0.5) is 0 Å². The molecule has 3 atom stereocenters. The lowest BCUT2D eigenvalue weighted by atomic mass is 9.70. The molecule has 2 fully saturated rings. The van der Waals surface area contributed by atoms with Crippen LogP contribution in [0.25, 0.3) is 11.0 Å². The smallest absolute Gasteiger partial charge is 0.242 e. The fourth-order valence-electron chi connectivity index (χ4n) is 6.44. The number of imidazole rings is 1. The van der Waals surface area contributed by atoms with E-state index in [1.54, 1.807) is 31.5 Å². The Hall–Kier alpha value is -2.79. The number of carbonyl (C=O) groups is 1. The highest BCUT2D eigenvalue weighted by molar-refractivity contribution is 7.91. The number of aromatic nitrogens is 3. The van der Waals surface area contributed by atoms with Gasteiger partial charge in [0, 0.05) is 29.8 Å². The average Bonchev–Trinajstić information content (AvgIpc) is 3.42. The molecule has 5 rings (SSSR count). The minimum absolute atomic E-state index is 0.00247. The van der Waals surface area contributed by atoms with E-state index in [0.29, 0.717) is 41.1 Å². The van der Waals surface area contributed by atoms with E-state index in [-0.39, 0.29) is 28.4 Å². The molecule has 38 heavy (non-hydrogen) atoms. The molecule has 11 heteroatoms. The van der Waals surface area contributed by atoms with Gasteiger partial charge in [-0.2, -0.15) is 0 Å². The minimum atomic E-state index is -4.14. The summed E-state index contributed by atoms with van der Waals surface area (Å²) in [6.07, 6.45) is 3.42. The summed E-state index contributed by atoms with van der Waals surface area (Å²) in [5, 5.41) is -0.0943. The van der Waals surface area contributed by atoms with Crippen LogP contribution in [-0.4, -0.2) is 52.3 Å². The van der Waals surface area contributed by atoms with Gasteiger partial charge < -0.3 is 9.47 Å². The van der Waals surface area contributed by atoms with Gasteiger partial charge in [0.1, 0.15) is 17.3 Å². The molecule has 204 valence electrons. The monoisotopic (exact) mass is 559 g/mol. The van der Waals surface area contributed by atoms with Gasteiger partial charge in [-0.15, -0.1) is 0 Å². The molecule has 0 saturated heterocycles. The summed E-state index contributed by atoms with van der Waals surface area (Å²) < 4.78 is 54.1. The van der Waals surface area contributed by atoms with Gasteiger partial charge in [-0.1, -0.05) is 13.8 Å². The Kier molecular flexibility index (Phi) is 6.45. The van der Waals surface area contributed by atoms with Crippen LogP contribution in [0.1, 0.15) is 49.9 Å². The third-order valence-electron chi connectivity index (χ3n) is 8.86. The number of rotatable bonds is 8. The van der Waals surface area contributed by atoms with Crippen molar-refractivity contribution < 1.29 is 26.9 Å². The van der Waals surface area contributed by atoms with Gasteiger partial charge in [-0.3, -0.25) is 14.0 Å². The number of ether oxygens (including phenoxy) is 2. The van der Waals surface area contributed by atoms with Crippen molar-refractivity contribution in [1.82, 2.24) is 13.9 Å². The molecule has 2 bridgehead atoms. The standard InChI is InChI=1S/C27H33N3O6S2/c1-16-13-28-21(17(2)24(16)36-6)14-37(32)25-29-20-12-19(35-5)7-8-22(20)30(25)38(33,34)15-27-10-9-18(11-23(27)31)26(27,3)4/h7-8,12-13,18H,9-11,14-15H2,1-6H3/t18?,27?,37-/m0/s1. The molecule has 0 aliphatic heterocycles. The van der Waals surface area contributed by atoms with Crippen LogP contribution >= 0.6 is 0 Å². The average molecular weight is 560 g/mol. The van der Waals surface area contributed by atoms with E-state index in [4.69, 9.17) is 9.47 Å². The van der Waals surface area contributed by atoms with Crippen molar-refractivity contribution in [3.8, 4) is 11.5 Å². The molecule has 9 nitrogen and oxygen atoms in total. The van der Waals surface area contributed by atoms with Crippen LogP contribution in [0.5, 0.6) is 11.5 Å². The van der Waals surface area contributed by atoms with E-state index in [1.807, 2.05) is 27.7 Å². The highest BCUT2D eigenvalue weighted by Crippen LogP contribution is 2.64. The van der Waals surface area contributed by atoms with Crippen LogP contribution in [0, 0.1) is 30.6 Å². The molecule has 0 amide bonds. The van der Waals surface area contributed by atoms with Crippen LogP contribution < -0.4 is 9.47 Å². The normalized spacial score (nSPS) is 23.2. The number of benzene rings is 1. The molecular weight excluding hydrogens is 526 g/mol. The topological polar surface area (TPSA) is 117 Å². The van der Waals surface area contributed by atoms with Crippen LogP contribution in [0.3, 0.4) is 0 Å². The van der Waals surface area contributed by atoms with Gasteiger partial charge in [0.2, 0.25) is 15.2 Å². The second-order valence-corrected chi connectivity index (χ2v) is 14.1. The first-order chi connectivity index (χ1) is 17.9. The first-order valence-electron chi connectivity index (χ1n) is 12.6. The summed E-state index contributed by atoms with van der Waals surface area (Å²) in [5.74, 6) is 0.933. The van der Waals surface area contributed by atoms with Crippen molar-refractivity contribution in [2.24, 2.45) is 16.7 Å². The molecule has 1 aromatic carbocycles. The van der Waals surface area contributed by atoms with Crippen LogP contribution in [0.2, 0.25) is 0 Å². The first kappa shape index (κ1) is 26.8. The lowest BCUT2D eigenvalue weighted by Gasteiger charge is -2.36. The number of nitrogens with zero attached hydrogens (tertiary/aromatic N) is 3. The number of ketones is 1. The van der Waals surface area contributed by atoms with Gasteiger partial charge in [0.05, 0.1) is 58.7 Å². The molecular formula is C27H33N3O6S2. The van der Waals surface area contributed by atoms with E-state index < -0.39 is 31.7 Å². The quantitative estimate of drug-likeness (QED) is 0.407. The predicted molar refractivity (Wildman–Crippen MR) is 144 cm³/mol. The Balaban J connectivity index is 1.62. The maximum absolute atomic E-state index is 14.2. The van der Waals surface area contributed by atoms with Gasteiger partial charge in [-0.25, -0.2) is 17.4 Å². The largest absolute Gasteiger partial charge is 0.497 e. The third-order valence-corrected chi connectivity index (χ3v) is 12.0. The SMILES string of the molecule is COc1ccc2c(c1)nc([S@@](=O)Cc1ncc(C)c(OC)c1C)n2S(=O)(=O)CC12CCC(CC1=O)C2(C)C. The van der Waals surface area contributed by atoms with Gasteiger partial charge >= 0.3 is 0 Å². The number of hydrogen-bond acceptors (Lipinski definition) is 8. The number of fused-ring (bicyclic) bond motifs is 3. The fourth-order valence-corrected chi connectivity index (χ4v) is 10.3. The van der Waals surface area contributed by atoms with Gasteiger partial charge in [-0.05, 0) is 50.2 Å². The number of pyridine rings is 1. The lowest BCUT2D eigenvalue weighted by Crippen LogP contribution is -2.43. The van der Waals surface area contributed by atoms with Crippen LogP contribution in [0.15, 0.2) is 29.6 Å². The third kappa shape index (κ3) is 3.88. The van der Waals surface area contributed by atoms with Crippen molar-refractivity contribution in [2.75, 3.05) is 20.0 Å². The highest BCUT2D eigenvalue weighted by atomic mass is 32.2. The Bertz CT molecular complexity index is 1590. The van der Waals surface area contributed by atoms with Crippen LogP contribution in [-0.2, 0) is 31.4 Å². The molecule has 2 heterocycles. The summed E-state index contributed by atoms with van der Waals surface area (Å²) in [6.45, 7) is 7.71. The molecule has 2 aliphatic carbocycles. The number of aryl methyl sites for hydroxylation is 1. The van der Waals surface area contributed by atoms with Gasteiger partial charge in [0.25, 0.3) is 0 Å². The molecule has 3 aromatic rings. The molecule has 0 spiro atoms. The second-order valence-electron chi connectivity index (χ2n) is 11.0. The van der Waals surface area contributed by atoms with Gasteiger partial charge in [0.15, 0.2) is 0 Å². The first-order valence-corrected chi connectivity index (χ1v) is 15.5. The molecule has 2 unspecified atom stereocenters. The molecule has 0 radical (unpaired) electrons. The Morgan fingerprint density at radius 2 is 1.92 bits per heavy atom. The number of Topliss-reactive ketones (excluding diaryl/α,β-unsaturated/α-hetero) is 1. The Morgan fingerprint density at radius 1 is 1.18 bits per heavy atom. The number of methoxy groups -OCH3 is 2. The highest BCUT2D eigenvalue weighted by Gasteiger charge is 2.65. The lowest BCUT2D eigenvalue weighted by molar-refractivity contribution is -0.128. The number of carbonyl (C=O) groups excluding carboxylic acids is 1. The zero-order chi connectivity index (χ0) is 27.6. The molecule has 2 aliphatic rings. The maximum atomic E-state index is 14.2. The van der Waals surface area contributed by atoms with E-state index in [9.17, 15) is 17.4 Å². The summed E-state index contributed by atoms with van der Waals surface area (Å²) in [4.78, 5) is 22.1. The zero-order valence-electron chi connectivity index (χ0n) is 22.5. The maximum Gasteiger partial charge on any atom is 0.242 e. The van der Waals surface area contributed by atoms with E-state index in [1.165, 1.54) is 7.11 Å². The molecule has 2 saturated carbocycles. The van der Waals surface area contributed by atoms with Crippen molar-refractivity contribution in [2.45, 2.75) is 57.9 Å². The van der Waals surface area contributed by atoms with Crippen molar-refractivity contribution in [3.05, 3.63) is 41.2 Å². The van der Waals surface area contributed by atoms with E-state index in [2.05, 4.69) is 9.97 Å². The summed E-state index contributed by atoms with van der Waals surface area (Å²) in [7, 11) is -2.93.